The smallest absolute Gasteiger partial charge is 0.416 e. The van der Waals surface area contributed by atoms with E-state index in [-0.39, 0.29) is 26.3 Å². The van der Waals surface area contributed by atoms with Gasteiger partial charge in [-0.2, -0.15) is 13.2 Å². The Kier molecular flexibility index (Phi) is 6.81. The van der Waals surface area contributed by atoms with Gasteiger partial charge in [0.1, 0.15) is 13.2 Å². The minimum atomic E-state index is -4.41. The van der Waals surface area contributed by atoms with Gasteiger partial charge in [0, 0.05) is 26.2 Å². The SMILES string of the molecule is O=C(OCc1ccccc1)N1CCN(C(=O)OCc2ccc(C(F)(F)F)cc2)CC1. The Balaban J connectivity index is 1.40. The lowest BCUT2D eigenvalue weighted by Gasteiger charge is -2.33. The van der Waals surface area contributed by atoms with Crippen molar-refractivity contribution in [1.29, 1.82) is 0 Å². The molecule has 0 radical (unpaired) electrons. The molecule has 0 aromatic heterocycles. The highest BCUT2D eigenvalue weighted by molar-refractivity contribution is 5.70. The molecule has 3 rings (SSSR count). The van der Waals surface area contributed by atoms with Crippen molar-refractivity contribution in [2.45, 2.75) is 19.4 Å². The van der Waals surface area contributed by atoms with E-state index in [9.17, 15) is 22.8 Å². The van der Waals surface area contributed by atoms with Gasteiger partial charge in [0.25, 0.3) is 0 Å². The molecule has 1 heterocycles. The van der Waals surface area contributed by atoms with Gasteiger partial charge in [-0.15, -0.1) is 0 Å². The molecule has 0 aliphatic carbocycles. The Labute approximate surface area is 171 Å². The Morgan fingerprint density at radius 1 is 0.733 bits per heavy atom. The normalized spacial score (nSPS) is 14.4. The number of ether oxygens (including phenoxy) is 2. The Hall–Kier alpha value is -3.23. The zero-order chi connectivity index (χ0) is 21.6. The summed E-state index contributed by atoms with van der Waals surface area (Å²) in [5.41, 5.74) is 0.587. The van der Waals surface area contributed by atoms with Gasteiger partial charge >= 0.3 is 18.4 Å². The van der Waals surface area contributed by atoms with Gasteiger partial charge in [-0.1, -0.05) is 42.5 Å². The van der Waals surface area contributed by atoms with Crippen LogP contribution in [0.5, 0.6) is 0 Å². The summed E-state index contributed by atoms with van der Waals surface area (Å²) in [4.78, 5) is 27.3. The third kappa shape index (κ3) is 5.88. The zero-order valence-corrected chi connectivity index (χ0v) is 16.1. The number of carbonyl (C=O) groups excluding carboxylic acids is 2. The molecule has 1 aliphatic heterocycles. The number of hydrogen-bond acceptors (Lipinski definition) is 4. The molecule has 1 aliphatic rings. The second-order valence-electron chi connectivity index (χ2n) is 6.76. The van der Waals surface area contributed by atoms with E-state index in [1.807, 2.05) is 30.3 Å². The van der Waals surface area contributed by atoms with Crippen LogP contribution in [0.25, 0.3) is 0 Å². The van der Waals surface area contributed by atoms with Crippen LogP contribution in [0, 0.1) is 0 Å². The Bertz CT molecular complexity index is 849. The number of carbonyl (C=O) groups is 2. The minimum Gasteiger partial charge on any atom is -0.445 e. The molecule has 2 aromatic carbocycles. The van der Waals surface area contributed by atoms with Crippen molar-refractivity contribution in [3.63, 3.8) is 0 Å². The van der Waals surface area contributed by atoms with Crippen molar-refractivity contribution in [3.8, 4) is 0 Å². The lowest BCUT2D eigenvalue weighted by Crippen LogP contribution is -2.50. The van der Waals surface area contributed by atoms with Crippen molar-refractivity contribution >= 4 is 12.2 Å². The number of halogens is 3. The maximum atomic E-state index is 12.6. The van der Waals surface area contributed by atoms with Crippen molar-refractivity contribution in [2.24, 2.45) is 0 Å². The molecule has 2 amide bonds. The molecule has 30 heavy (non-hydrogen) atoms. The molecule has 1 fully saturated rings. The average Bonchev–Trinajstić information content (AvgIpc) is 2.76. The standard InChI is InChI=1S/C21H21F3N2O4/c22-21(23,24)18-8-6-17(7-9-18)15-30-20(28)26-12-10-25(11-13-26)19(27)29-14-16-4-2-1-3-5-16/h1-9H,10-15H2. The number of piperazine rings is 1. The number of benzene rings is 2. The lowest BCUT2D eigenvalue weighted by atomic mass is 10.1. The third-order valence-electron chi connectivity index (χ3n) is 4.64. The summed E-state index contributed by atoms with van der Waals surface area (Å²) < 4.78 is 48.2. The van der Waals surface area contributed by atoms with E-state index < -0.39 is 23.9 Å². The summed E-state index contributed by atoms with van der Waals surface area (Å²) in [6.45, 7) is 1.23. The average molecular weight is 422 g/mol. The van der Waals surface area contributed by atoms with Crippen molar-refractivity contribution in [2.75, 3.05) is 26.2 Å². The van der Waals surface area contributed by atoms with Gasteiger partial charge in [0.05, 0.1) is 5.56 Å². The summed E-state index contributed by atoms with van der Waals surface area (Å²) in [5.74, 6) is 0. The van der Waals surface area contributed by atoms with Crippen LogP contribution in [-0.2, 0) is 28.9 Å². The second-order valence-corrected chi connectivity index (χ2v) is 6.76. The monoisotopic (exact) mass is 422 g/mol. The first-order chi connectivity index (χ1) is 14.3. The van der Waals surface area contributed by atoms with E-state index in [4.69, 9.17) is 9.47 Å². The molecule has 0 saturated carbocycles. The zero-order valence-electron chi connectivity index (χ0n) is 16.1. The van der Waals surface area contributed by atoms with Gasteiger partial charge < -0.3 is 19.3 Å². The Morgan fingerprint density at radius 3 is 1.60 bits per heavy atom. The van der Waals surface area contributed by atoms with Gasteiger partial charge in [-0.05, 0) is 23.3 Å². The first-order valence-electron chi connectivity index (χ1n) is 9.36. The summed E-state index contributed by atoms with van der Waals surface area (Å²) in [6.07, 6.45) is -5.43. The fourth-order valence-corrected chi connectivity index (χ4v) is 2.91. The molecule has 0 N–H and O–H groups in total. The largest absolute Gasteiger partial charge is 0.445 e. The van der Waals surface area contributed by atoms with Crippen LogP contribution in [-0.4, -0.2) is 48.2 Å². The summed E-state index contributed by atoms with van der Waals surface area (Å²) in [7, 11) is 0. The number of nitrogens with zero attached hydrogens (tertiary/aromatic N) is 2. The molecule has 6 nitrogen and oxygen atoms in total. The quantitative estimate of drug-likeness (QED) is 0.737. The highest BCUT2D eigenvalue weighted by atomic mass is 19.4. The number of hydrogen-bond donors (Lipinski definition) is 0. The molecule has 0 atom stereocenters. The van der Waals surface area contributed by atoms with Gasteiger partial charge in [-0.3, -0.25) is 0 Å². The summed E-state index contributed by atoms with van der Waals surface area (Å²) in [5, 5.41) is 0. The molecule has 0 unspecified atom stereocenters. The highest BCUT2D eigenvalue weighted by Gasteiger charge is 2.30. The summed E-state index contributed by atoms with van der Waals surface area (Å²) in [6, 6.07) is 13.8. The van der Waals surface area contributed by atoms with Gasteiger partial charge in [0.15, 0.2) is 0 Å². The minimum absolute atomic E-state index is 0.129. The van der Waals surface area contributed by atoms with E-state index in [1.54, 1.807) is 0 Å². The molecule has 0 bridgehead atoms. The maximum absolute atomic E-state index is 12.6. The number of rotatable bonds is 4. The molecule has 160 valence electrons. The molecule has 0 spiro atoms. The van der Waals surface area contributed by atoms with Crippen LogP contribution in [0.2, 0.25) is 0 Å². The van der Waals surface area contributed by atoms with Gasteiger partial charge in [-0.25, -0.2) is 9.59 Å². The molecule has 1 saturated heterocycles. The fraction of sp³-hybridized carbons (Fsp3) is 0.333. The van der Waals surface area contributed by atoms with E-state index in [1.165, 1.54) is 21.9 Å². The maximum Gasteiger partial charge on any atom is 0.416 e. The summed E-state index contributed by atoms with van der Waals surface area (Å²) >= 11 is 0. The first-order valence-corrected chi connectivity index (χ1v) is 9.36. The van der Waals surface area contributed by atoms with Crippen LogP contribution in [0.3, 0.4) is 0 Å². The topological polar surface area (TPSA) is 59.1 Å². The Morgan fingerprint density at radius 2 is 1.17 bits per heavy atom. The van der Waals surface area contributed by atoms with Crippen LogP contribution in [0.15, 0.2) is 54.6 Å². The predicted molar refractivity (Wildman–Crippen MR) is 101 cm³/mol. The van der Waals surface area contributed by atoms with Crippen molar-refractivity contribution < 1.29 is 32.2 Å². The van der Waals surface area contributed by atoms with E-state index in [0.29, 0.717) is 18.7 Å². The third-order valence-corrected chi connectivity index (χ3v) is 4.64. The lowest BCUT2D eigenvalue weighted by molar-refractivity contribution is -0.137. The second kappa shape index (κ2) is 9.51. The van der Waals surface area contributed by atoms with E-state index in [0.717, 1.165) is 17.7 Å². The van der Waals surface area contributed by atoms with Crippen molar-refractivity contribution in [3.05, 3.63) is 71.3 Å². The van der Waals surface area contributed by atoms with Crippen LogP contribution >= 0.6 is 0 Å². The van der Waals surface area contributed by atoms with E-state index in [2.05, 4.69) is 0 Å². The van der Waals surface area contributed by atoms with Crippen molar-refractivity contribution in [1.82, 2.24) is 9.80 Å². The number of amides is 2. The highest BCUT2D eigenvalue weighted by Crippen LogP contribution is 2.29. The van der Waals surface area contributed by atoms with Crippen LogP contribution in [0.4, 0.5) is 22.8 Å². The van der Waals surface area contributed by atoms with Crippen LogP contribution in [0.1, 0.15) is 16.7 Å². The first kappa shape index (κ1) is 21.5. The van der Waals surface area contributed by atoms with E-state index >= 15 is 0 Å². The fourth-order valence-electron chi connectivity index (χ4n) is 2.91. The molecular formula is C21H21F3N2O4. The predicted octanol–water partition coefficient (Wildman–Crippen LogP) is 4.30. The molecule has 9 heteroatoms. The van der Waals surface area contributed by atoms with Crippen LogP contribution < -0.4 is 0 Å². The molecule has 2 aromatic rings. The van der Waals surface area contributed by atoms with Gasteiger partial charge in [0.2, 0.25) is 0 Å². The number of alkyl halides is 3. The molecular weight excluding hydrogens is 401 g/mol.